The molecule has 39 heavy (non-hydrogen) atoms. The second-order valence-corrected chi connectivity index (χ2v) is 2.79. The normalized spacial score (nSPS) is 3.54. The SMILES string of the molecule is C.C.C.C.C.C.C.C.C.C.CC.CC.CC.CC.CO.CP.CP.C[P+](=O)O.C[P+](=O)O.O=O.O=O.P.P.P. The van der Waals surface area contributed by atoms with Crippen LogP contribution in [0.2, 0.25) is 0 Å². The molecule has 0 amide bonds. The van der Waals surface area contributed by atoms with Crippen LogP contribution in [0.4, 0.5) is 0 Å². The van der Waals surface area contributed by atoms with Gasteiger partial charge in [-0.15, -0.1) is 18.5 Å². The lowest BCUT2D eigenvalue weighted by Crippen LogP contribution is -1.35. The Bertz CT molecular complexity index is 131. The molecule has 0 fully saturated rings. The first-order valence-electron chi connectivity index (χ1n) is 7.59. The van der Waals surface area contributed by atoms with Crippen LogP contribution in [0.3, 0.4) is 0 Å². The third-order valence-electron chi connectivity index (χ3n) is 0. The lowest BCUT2D eigenvalue weighted by molar-refractivity contribution is 0.399. The summed E-state index contributed by atoms with van der Waals surface area (Å²) < 4.78 is 18.3. The maximum atomic E-state index is 9.15. The Kier molecular flexibility index (Phi) is 6300. The van der Waals surface area contributed by atoms with Gasteiger partial charge in [0.05, 0.1) is 0 Å². The van der Waals surface area contributed by atoms with E-state index in [-0.39, 0.29) is 104 Å². The Hall–Kier alpha value is 1.43. The summed E-state index contributed by atoms with van der Waals surface area (Å²) in [6, 6.07) is 0. The van der Waals surface area contributed by atoms with E-state index in [4.69, 9.17) is 43.9 Å². The maximum Gasteiger partial charge on any atom is 0.502 e. The molecule has 274 valence electrons. The van der Waals surface area contributed by atoms with Gasteiger partial charge >= 0.3 is 16.1 Å². The van der Waals surface area contributed by atoms with Gasteiger partial charge in [-0.05, 0) is 9.13 Å². The number of aliphatic hydroxyl groups is 1. The summed E-state index contributed by atoms with van der Waals surface area (Å²) in [5.74, 6) is 0. The van der Waals surface area contributed by atoms with Crippen molar-refractivity contribution in [3.05, 3.63) is 19.9 Å². The number of hydrogen-bond acceptors (Lipinski definition) is 7. The van der Waals surface area contributed by atoms with E-state index in [1.807, 2.05) is 68.7 Å². The average Bonchev–Trinajstić information content (AvgIpc) is 2.74. The summed E-state index contributed by atoms with van der Waals surface area (Å²) in [4.78, 5) is 43.1. The van der Waals surface area contributed by atoms with Gasteiger partial charge in [-0.2, -0.15) is 39.5 Å². The van der Waals surface area contributed by atoms with Crippen LogP contribution in [-0.4, -0.2) is 48.7 Å². The van der Waals surface area contributed by atoms with Crippen molar-refractivity contribution in [2.24, 2.45) is 0 Å². The molecule has 0 aliphatic rings. The molecule has 3 N–H and O–H groups in total. The first-order valence-corrected chi connectivity index (χ1v) is 13.2. The van der Waals surface area contributed by atoms with Gasteiger partial charge in [-0.3, -0.25) is 0 Å². The van der Waals surface area contributed by atoms with Crippen molar-refractivity contribution in [2.75, 3.05) is 33.8 Å². The van der Waals surface area contributed by atoms with Crippen LogP contribution in [0, 0.1) is 19.9 Å². The number of hydrogen-bond donors (Lipinski definition) is 3. The second-order valence-electron chi connectivity index (χ2n) is 0.928. The van der Waals surface area contributed by atoms with Crippen LogP contribution < -0.4 is 0 Å². The van der Waals surface area contributed by atoms with Crippen LogP contribution in [0.1, 0.15) is 130 Å². The standard InChI is InChI=1S/4C2H6.2CH3O2P.CH4O.2CH5P.10CH4.2O2.3H3P/c4*1-2;2*1-4(2)3;3*1-2;;;;;;;;;;;2*1-2;;;/h4*1-2H3;2*1H3;2H,1H3;2*2H2,1H3;10*1H4;;;3*1H3/p+2. The highest BCUT2D eigenvalue weighted by Crippen LogP contribution is 2.00. The van der Waals surface area contributed by atoms with Crippen LogP contribution >= 0.6 is 64.2 Å². The molecule has 0 aliphatic carbocycles. The topological polar surface area (TPSA) is 163 Å². The zero-order valence-corrected chi connectivity index (χ0v) is 29.3. The Morgan fingerprint density at radius 2 is 0.385 bits per heavy atom. The zero-order chi connectivity index (χ0) is 25.2. The van der Waals surface area contributed by atoms with Crippen molar-refractivity contribution in [2.45, 2.75) is 130 Å². The molecule has 7 atom stereocenters. The van der Waals surface area contributed by atoms with E-state index in [1.54, 1.807) is 0 Å². The van der Waals surface area contributed by atoms with Gasteiger partial charge in [-0.25, -0.2) is 0 Å². The van der Waals surface area contributed by atoms with E-state index in [2.05, 4.69) is 18.5 Å². The molecule has 0 aliphatic heterocycles. The molecule has 0 bridgehead atoms. The van der Waals surface area contributed by atoms with Crippen molar-refractivity contribution in [1.29, 1.82) is 0 Å². The first-order chi connectivity index (χ1) is 12.5. The van der Waals surface area contributed by atoms with E-state index in [0.29, 0.717) is 0 Å². The van der Waals surface area contributed by atoms with Crippen molar-refractivity contribution < 1.29 is 24.0 Å². The van der Waals surface area contributed by atoms with E-state index in [0.717, 1.165) is 7.11 Å². The molecular formula is C23H95O9P7+2. The molecule has 0 aromatic heterocycles. The Morgan fingerprint density at radius 3 is 0.385 bits per heavy atom. The minimum Gasteiger partial charge on any atom is -0.400 e. The van der Waals surface area contributed by atoms with Crippen molar-refractivity contribution in [3.8, 4) is 0 Å². The molecular weight excluding hydrogens is 637 g/mol. The first kappa shape index (κ1) is 233. The van der Waals surface area contributed by atoms with Crippen LogP contribution in [0.5, 0.6) is 0 Å². The summed E-state index contributed by atoms with van der Waals surface area (Å²) in [5, 5.41) is 7.00. The fourth-order valence-corrected chi connectivity index (χ4v) is 0. The average molecular weight is 733 g/mol. The Balaban J connectivity index is -0.00000000283. The van der Waals surface area contributed by atoms with Crippen molar-refractivity contribution in [1.82, 2.24) is 0 Å². The van der Waals surface area contributed by atoms with Crippen molar-refractivity contribution >= 4 is 64.2 Å². The van der Waals surface area contributed by atoms with Crippen LogP contribution in [0.25, 0.3) is 0 Å². The molecule has 0 aromatic carbocycles. The smallest absolute Gasteiger partial charge is 0.400 e. The quantitative estimate of drug-likeness (QED) is 0.206. The minimum atomic E-state index is -1.87. The molecule has 0 saturated carbocycles. The Morgan fingerprint density at radius 1 is 0.385 bits per heavy atom. The monoisotopic (exact) mass is 733 g/mol. The maximum absolute atomic E-state index is 9.15. The van der Waals surface area contributed by atoms with Gasteiger partial charge in [0.25, 0.3) is 0 Å². The van der Waals surface area contributed by atoms with E-state index in [9.17, 15) is 0 Å². The number of aliphatic hydroxyl groups excluding tert-OH is 1. The van der Waals surface area contributed by atoms with Gasteiger partial charge in [0.2, 0.25) is 0 Å². The molecule has 0 rings (SSSR count). The molecule has 0 radical (unpaired) electrons. The highest BCUT2D eigenvalue weighted by molar-refractivity contribution is 7.37. The molecule has 0 heterocycles. The Labute approximate surface area is 271 Å². The highest BCUT2D eigenvalue weighted by Gasteiger charge is 1.86. The largest absolute Gasteiger partial charge is 0.502 e. The van der Waals surface area contributed by atoms with E-state index >= 15 is 0 Å². The fourth-order valence-electron chi connectivity index (χ4n) is 0. The molecule has 0 aromatic rings. The summed E-state index contributed by atoms with van der Waals surface area (Å²) in [5.41, 5.74) is 0. The van der Waals surface area contributed by atoms with Gasteiger partial charge in [0, 0.05) is 27.0 Å². The molecule has 0 saturated heterocycles. The summed E-state index contributed by atoms with van der Waals surface area (Å²) in [6.45, 7) is 22.3. The van der Waals surface area contributed by atoms with Gasteiger partial charge < -0.3 is 5.11 Å². The molecule has 16 heteroatoms. The fraction of sp³-hybridized carbons (Fsp3) is 1.00. The third kappa shape index (κ3) is 27000. The predicted octanol–water partition coefficient (Wildman–Crippen LogP) is 12.1. The number of rotatable bonds is 0. The summed E-state index contributed by atoms with van der Waals surface area (Å²) >= 11 is 0. The predicted molar refractivity (Wildman–Crippen MR) is 230 cm³/mol. The van der Waals surface area contributed by atoms with Crippen molar-refractivity contribution in [3.63, 3.8) is 0 Å². The lowest BCUT2D eigenvalue weighted by Gasteiger charge is -1.36. The molecule has 0 spiro atoms. The van der Waals surface area contributed by atoms with E-state index < -0.39 is 16.1 Å². The third-order valence-corrected chi connectivity index (χ3v) is 0. The van der Waals surface area contributed by atoms with Gasteiger partial charge in [0.1, 0.15) is 0 Å². The van der Waals surface area contributed by atoms with E-state index in [1.165, 1.54) is 13.3 Å². The summed E-state index contributed by atoms with van der Waals surface area (Å²) in [7, 11) is 2.09. The highest BCUT2D eigenvalue weighted by atomic mass is 31.1. The lowest BCUT2D eigenvalue weighted by atomic mass is 11.0. The van der Waals surface area contributed by atoms with Crippen LogP contribution in [0.15, 0.2) is 0 Å². The molecule has 9 nitrogen and oxygen atoms in total. The van der Waals surface area contributed by atoms with Gasteiger partial charge in [-0.1, -0.05) is 143 Å². The minimum absolute atomic E-state index is 0. The van der Waals surface area contributed by atoms with Gasteiger partial charge in [0.15, 0.2) is 13.3 Å². The summed E-state index contributed by atoms with van der Waals surface area (Å²) in [6.07, 6.45) is 0. The second kappa shape index (κ2) is 1050. The van der Waals surface area contributed by atoms with Crippen LogP contribution in [-0.2, 0) is 9.13 Å². The molecule has 7 unspecified atom stereocenters. The zero-order valence-electron chi connectivity index (χ0n) is 21.0.